The van der Waals surface area contributed by atoms with Crippen LogP contribution in [-0.2, 0) is 0 Å². The predicted molar refractivity (Wildman–Crippen MR) is 67.2 cm³/mol. The third-order valence-corrected chi connectivity index (χ3v) is 2.63. The molecular formula is C11H16N4S. The van der Waals surface area contributed by atoms with Crippen LogP contribution in [0, 0.1) is 22.7 Å². The summed E-state index contributed by atoms with van der Waals surface area (Å²) in [5.41, 5.74) is 0.147. The van der Waals surface area contributed by atoms with E-state index in [1.807, 2.05) is 62.5 Å². The van der Waals surface area contributed by atoms with Gasteiger partial charge in [0.2, 0.25) is 0 Å². The van der Waals surface area contributed by atoms with Gasteiger partial charge in [0.25, 0.3) is 0 Å². The van der Waals surface area contributed by atoms with Gasteiger partial charge in [0, 0.05) is 33.1 Å². The molecule has 16 heavy (non-hydrogen) atoms. The molecule has 0 atom stereocenters. The zero-order chi connectivity index (χ0) is 12.7. The summed E-state index contributed by atoms with van der Waals surface area (Å²) in [5.74, 6) is 0.937. The zero-order valence-electron chi connectivity index (χ0n) is 10.3. The fourth-order valence-electron chi connectivity index (χ4n) is 1.14. The van der Waals surface area contributed by atoms with Crippen LogP contribution in [0.25, 0.3) is 0 Å². The van der Waals surface area contributed by atoms with E-state index in [-0.39, 0.29) is 5.57 Å². The number of thioether (sulfide) groups is 1. The number of nitriles is 2. The number of hydrogen-bond acceptors (Lipinski definition) is 5. The summed E-state index contributed by atoms with van der Waals surface area (Å²) >= 11 is 1.40. The Hall–Kier alpha value is -1.59. The number of allylic oxidation sites excluding steroid dienone is 2. The van der Waals surface area contributed by atoms with Crippen molar-refractivity contribution in [3.05, 3.63) is 22.4 Å². The summed E-state index contributed by atoms with van der Waals surface area (Å²) in [5, 5.41) is 17.6. The van der Waals surface area contributed by atoms with E-state index < -0.39 is 0 Å². The molecule has 0 rings (SSSR count). The predicted octanol–water partition coefficient (Wildman–Crippen LogP) is 1.62. The van der Waals surface area contributed by atoms with Gasteiger partial charge >= 0.3 is 0 Å². The summed E-state index contributed by atoms with van der Waals surface area (Å²) in [6.45, 7) is 0. The van der Waals surface area contributed by atoms with Crippen LogP contribution in [-0.4, -0.2) is 44.2 Å². The monoisotopic (exact) mass is 236 g/mol. The smallest absolute Gasteiger partial charge is 0.143 e. The zero-order valence-corrected chi connectivity index (χ0v) is 11.1. The highest BCUT2D eigenvalue weighted by molar-refractivity contribution is 8.02. The Morgan fingerprint density at radius 2 is 1.50 bits per heavy atom. The summed E-state index contributed by atoms with van der Waals surface area (Å²) < 4.78 is 0. The van der Waals surface area contributed by atoms with Crippen LogP contribution in [0.2, 0.25) is 0 Å². The van der Waals surface area contributed by atoms with E-state index in [1.54, 1.807) is 0 Å². The van der Waals surface area contributed by atoms with Crippen molar-refractivity contribution in [3.63, 3.8) is 0 Å². The molecule has 0 heterocycles. The molecule has 0 N–H and O–H groups in total. The van der Waals surface area contributed by atoms with Gasteiger partial charge in [-0.3, -0.25) is 0 Å². The molecule has 0 spiro atoms. The lowest BCUT2D eigenvalue weighted by Crippen LogP contribution is -2.24. The molecule has 4 nitrogen and oxygen atoms in total. The maximum atomic E-state index is 8.82. The first kappa shape index (κ1) is 14.4. The Labute approximate surface area is 101 Å². The van der Waals surface area contributed by atoms with E-state index in [2.05, 4.69) is 0 Å². The van der Waals surface area contributed by atoms with Gasteiger partial charge in [-0.15, -0.1) is 11.8 Å². The maximum absolute atomic E-state index is 8.82. The van der Waals surface area contributed by atoms with Crippen LogP contribution in [0.5, 0.6) is 0 Å². The molecule has 0 amide bonds. The van der Waals surface area contributed by atoms with Crippen LogP contribution in [0.3, 0.4) is 0 Å². The number of rotatable bonds is 4. The van der Waals surface area contributed by atoms with Gasteiger partial charge in [-0.05, 0) is 12.3 Å². The van der Waals surface area contributed by atoms with Crippen molar-refractivity contribution in [2.75, 3.05) is 34.4 Å². The second-order valence-corrected chi connectivity index (χ2v) is 4.31. The molecule has 0 aliphatic heterocycles. The first-order valence-electron chi connectivity index (χ1n) is 4.62. The molecule has 0 saturated carbocycles. The fourth-order valence-corrected chi connectivity index (χ4v) is 1.66. The first-order chi connectivity index (χ1) is 7.47. The van der Waals surface area contributed by atoms with Crippen LogP contribution in [0.15, 0.2) is 22.4 Å². The second-order valence-electron chi connectivity index (χ2n) is 3.46. The minimum absolute atomic E-state index is 0.147. The van der Waals surface area contributed by atoms with Crippen LogP contribution < -0.4 is 0 Å². The van der Waals surface area contributed by atoms with Gasteiger partial charge in [-0.1, -0.05) is 0 Å². The number of hydrogen-bond donors (Lipinski definition) is 0. The van der Waals surface area contributed by atoms with Crippen molar-refractivity contribution in [2.24, 2.45) is 0 Å². The van der Waals surface area contributed by atoms with Gasteiger partial charge in [-0.25, -0.2) is 0 Å². The van der Waals surface area contributed by atoms with Crippen molar-refractivity contribution in [1.82, 2.24) is 9.80 Å². The molecule has 0 unspecified atom stereocenters. The first-order valence-corrected chi connectivity index (χ1v) is 5.85. The standard InChI is InChI=1S/C11H16N4S/c1-14(2)11(15(3)4)6-10(16-5)9(7-12)8-13/h6H,1-5H3. The van der Waals surface area contributed by atoms with Gasteiger partial charge in [0.15, 0.2) is 0 Å². The van der Waals surface area contributed by atoms with Crippen molar-refractivity contribution >= 4 is 11.8 Å². The van der Waals surface area contributed by atoms with E-state index >= 15 is 0 Å². The molecule has 0 bridgehead atoms. The highest BCUT2D eigenvalue weighted by Gasteiger charge is 2.07. The minimum Gasteiger partial charge on any atom is -0.364 e. The van der Waals surface area contributed by atoms with E-state index in [4.69, 9.17) is 10.5 Å². The van der Waals surface area contributed by atoms with Gasteiger partial charge in [0.1, 0.15) is 23.5 Å². The quantitative estimate of drug-likeness (QED) is 0.548. The Morgan fingerprint density at radius 3 is 1.75 bits per heavy atom. The Kier molecular flexibility index (Phi) is 6.14. The minimum atomic E-state index is 0.147. The van der Waals surface area contributed by atoms with E-state index in [1.165, 1.54) is 11.8 Å². The van der Waals surface area contributed by atoms with Crippen LogP contribution in [0.1, 0.15) is 0 Å². The topological polar surface area (TPSA) is 54.1 Å². The summed E-state index contributed by atoms with van der Waals surface area (Å²) in [7, 11) is 7.68. The fraction of sp³-hybridized carbons (Fsp3) is 0.455. The average molecular weight is 236 g/mol. The Balaban J connectivity index is 5.48. The highest BCUT2D eigenvalue weighted by Crippen LogP contribution is 2.20. The Bertz CT molecular complexity index is 354. The molecule has 0 saturated heterocycles. The van der Waals surface area contributed by atoms with E-state index in [0.717, 1.165) is 5.82 Å². The van der Waals surface area contributed by atoms with Gasteiger partial charge in [0.05, 0.1) is 0 Å². The molecular weight excluding hydrogens is 220 g/mol. The van der Waals surface area contributed by atoms with Gasteiger partial charge in [-0.2, -0.15) is 10.5 Å². The van der Waals surface area contributed by atoms with E-state index in [9.17, 15) is 0 Å². The van der Waals surface area contributed by atoms with Crippen LogP contribution >= 0.6 is 11.8 Å². The maximum Gasteiger partial charge on any atom is 0.143 e. The highest BCUT2D eigenvalue weighted by atomic mass is 32.2. The molecule has 86 valence electrons. The molecule has 0 aromatic carbocycles. The SMILES string of the molecule is CSC(C=C(N(C)C)N(C)C)=C(C#N)C#N. The van der Waals surface area contributed by atoms with Crippen LogP contribution in [0.4, 0.5) is 0 Å². The number of nitrogens with zero attached hydrogens (tertiary/aromatic N) is 4. The largest absolute Gasteiger partial charge is 0.364 e. The summed E-state index contributed by atoms with van der Waals surface area (Å²) in [6, 6.07) is 3.80. The molecule has 0 aliphatic rings. The lowest BCUT2D eigenvalue weighted by molar-refractivity contribution is 0.343. The molecule has 0 radical (unpaired) electrons. The summed E-state index contributed by atoms with van der Waals surface area (Å²) in [6.07, 6.45) is 3.69. The third-order valence-electron chi connectivity index (χ3n) is 1.87. The Morgan fingerprint density at radius 1 is 1.06 bits per heavy atom. The summed E-state index contributed by atoms with van der Waals surface area (Å²) in [4.78, 5) is 4.55. The molecule has 5 heteroatoms. The molecule has 0 fully saturated rings. The van der Waals surface area contributed by atoms with Crippen molar-refractivity contribution in [1.29, 1.82) is 10.5 Å². The lowest BCUT2D eigenvalue weighted by Gasteiger charge is -2.24. The van der Waals surface area contributed by atoms with Crippen molar-refractivity contribution < 1.29 is 0 Å². The lowest BCUT2D eigenvalue weighted by atomic mass is 10.3. The van der Waals surface area contributed by atoms with Gasteiger partial charge < -0.3 is 9.80 Å². The molecule has 0 aliphatic carbocycles. The van der Waals surface area contributed by atoms with E-state index in [0.29, 0.717) is 4.91 Å². The molecule has 0 aromatic rings. The molecule has 0 aromatic heterocycles. The normalized spacial score (nSPS) is 8.44. The average Bonchev–Trinajstić information content (AvgIpc) is 2.23. The second kappa shape index (κ2) is 6.81. The van der Waals surface area contributed by atoms with Crippen molar-refractivity contribution in [2.45, 2.75) is 0 Å². The third kappa shape index (κ3) is 3.88. The van der Waals surface area contributed by atoms with Crippen molar-refractivity contribution in [3.8, 4) is 12.1 Å².